The van der Waals surface area contributed by atoms with Crippen LogP contribution in [0.15, 0.2) is 23.2 Å². The van der Waals surface area contributed by atoms with Crippen molar-refractivity contribution in [2.24, 2.45) is 16.5 Å². The van der Waals surface area contributed by atoms with Gasteiger partial charge in [-0.3, -0.25) is 14.4 Å². The number of hydrogen-bond acceptors (Lipinski definition) is 3. The number of rotatable bonds is 3. The topological polar surface area (TPSA) is 131 Å². The monoisotopic (exact) mass is 425 g/mol. The molecule has 2 heterocycles. The van der Waals surface area contributed by atoms with Crippen molar-refractivity contribution in [1.29, 1.82) is 0 Å². The van der Waals surface area contributed by atoms with Gasteiger partial charge < -0.3 is 21.7 Å². The predicted octanol–water partition coefficient (Wildman–Crippen LogP) is 1.10. The number of amides is 3. The van der Waals surface area contributed by atoms with Crippen LogP contribution in [0.2, 0.25) is 0 Å². The lowest BCUT2D eigenvalue weighted by Gasteiger charge is -2.34. The van der Waals surface area contributed by atoms with E-state index in [1.165, 1.54) is 12.1 Å². The van der Waals surface area contributed by atoms with Crippen LogP contribution in [0.25, 0.3) is 0 Å². The SMILES string of the molecule is NC(N)=NC(=O)c1ccc(C2CCN(C(=O)[C@@H]3CCC(=O)N3)CC2)c(C(F)(F)F)c1. The summed E-state index contributed by atoms with van der Waals surface area (Å²) >= 11 is 0. The Kier molecular flexibility index (Phi) is 5.99. The molecule has 11 heteroatoms. The van der Waals surface area contributed by atoms with Crippen molar-refractivity contribution < 1.29 is 27.6 Å². The number of piperidine rings is 1. The minimum atomic E-state index is -4.66. The maximum atomic E-state index is 13.7. The van der Waals surface area contributed by atoms with E-state index >= 15 is 0 Å². The molecule has 5 N–H and O–H groups in total. The van der Waals surface area contributed by atoms with E-state index in [4.69, 9.17) is 11.5 Å². The maximum absolute atomic E-state index is 13.7. The molecule has 2 aliphatic rings. The number of alkyl halides is 3. The molecule has 0 spiro atoms. The third-order valence-corrected chi connectivity index (χ3v) is 5.38. The van der Waals surface area contributed by atoms with Gasteiger partial charge in [-0.2, -0.15) is 18.2 Å². The summed E-state index contributed by atoms with van der Waals surface area (Å²) in [6.45, 7) is 0.587. The quantitative estimate of drug-likeness (QED) is 0.493. The number of nitrogens with one attached hydrogen (secondary N) is 1. The van der Waals surface area contributed by atoms with Crippen molar-refractivity contribution in [2.75, 3.05) is 13.1 Å². The Morgan fingerprint density at radius 3 is 2.33 bits per heavy atom. The summed E-state index contributed by atoms with van der Waals surface area (Å²) < 4.78 is 41.0. The van der Waals surface area contributed by atoms with Crippen molar-refractivity contribution in [1.82, 2.24) is 10.2 Å². The molecule has 1 aromatic rings. The third kappa shape index (κ3) is 4.71. The lowest BCUT2D eigenvalue weighted by molar-refractivity contribution is -0.139. The smallest absolute Gasteiger partial charge is 0.370 e. The van der Waals surface area contributed by atoms with Gasteiger partial charge >= 0.3 is 6.18 Å². The molecule has 30 heavy (non-hydrogen) atoms. The fraction of sp³-hybridized carbons (Fsp3) is 0.474. The lowest BCUT2D eigenvalue weighted by Crippen LogP contribution is -2.47. The van der Waals surface area contributed by atoms with Gasteiger partial charge in [0.1, 0.15) is 6.04 Å². The van der Waals surface area contributed by atoms with E-state index in [0.29, 0.717) is 38.8 Å². The minimum absolute atomic E-state index is 0.0741. The van der Waals surface area contributed by atoms with Crippen LogP contribution in [0, 0.1) is 0 Å². The Morgan fingerprint density at radius 2 is 1.80 bits per heavy atom. The van der Waals surface area contributed by atoms with Crippen LogP contribution in [0.3, 0.4) is 0 Å². The van der Waals surface area contributed by atoms with Crippen molar-refractivity contribution in [3.8, 4) is 0 Å². The Hall–Kier alpha value is -3.11. The number of carbonyl (C=O) groups is 3. The molecular weight excluding hydrogens is 403 g/mol. The Bertz CT molecular complexity index is 888. The van der Waals surface area contributed by atoms with Crippen LogP contribution < -0.4 is 16.8 Å². The molecule has 0 aliphatic carbocycles. The summed E-state index contributed by atoms with van der Waals surface area (Å²) in [7, 11) is 0. The highest BCUT2D eigenvalue weighted by Gasteiger charge is 2.38. The van der Waals surface area contributed by atoms with E-state index in [1.54, 1.807) is 4.90 Å². The molecule has 0 radical (unpaired) electrons. The number of hydrogen-bond donors (Lipinski definition) is 3. The average molecular weight is 425 g/mol. The number of nitrogens with two attached hydrogens (primary N) is 2. The molecule has 0 bridgehead atoms. The fourth-order valence-electron chi connectivity index (χ4n) is 3.90. The summed E-state index contributed by atoms with van der Waals surface area (Å²) in [6.07, 6.45) is -3.24. The molecule has 1 atom stereocenters. The van der Waals surface area contributed by atoms with Crippen molar-refractivity contribution in [3.63, 3.8) is 0 Å². The molecule has 2 aliphatic heterocycles. The zero-order chi connectivity index (χ0) is 22.1. The Balaban J connectivity index is 1.76. The first kappa shape index (κ1) is 21.6. The summed E-state index contributed by atoms with van der Waals surface area (Å²) in [6, 6.07) is 2.75. The van der Waals surface area contributed by atoms with E-state index in [1.807, 2.05) is 0 Å². The van der Waals surface area contributed by atoms with Gasteiger partial charge in [0.2, 0.25) is 11.8 Å². The molecule has 8 nitrogen and oxygen atoms in total. The van der Waals surface area contributed by atoms with Gasteiger partial charge in [0.15, 0.2) is 5.96 Å². The molecule has 2 saturated heterocycles. The van der Waals surface area contributed by atoms with Crippen LogP contribution in [0.1, 0.15) is 53.1 Å². The summed E-state index contributed by atoms with van der Waals surface area (Å²) in [5, 5.41) is 2.61. The van der Waals surface area contributed by atoms with Gasteiger partial charge in [-0.1, -0.05) is 6.07 Å². The van der Waals surface area contributed by atoms with E-state index in [2.05, 4.69) is 10.3 Å². The number of aliphatic imine (C=N–C) groups is 1. The zero-order valence-corrected chi connectivity index (χ0v) is 16.0. The molecule has 1 aromatic carbocycles. The number of guanidine groups is 1. The van der Waals surface area contributed by atoms with Crippen molar-refractivity contribution >= 4 is 23.7 Å². The second-order valence-electron chi connectivity index (χ2n) is 7.40. The summed E-state index contributed by atoms with van der Waals surface area (Å²) in [4.78, 5) is 40.6. The highest BCUT2D eigenvalue weighted by atomic mass is 19.4. The third-order valence-electron chi connectivity index (χ3n) is 5.38. The highest BCUT2D eigenvalue weighted by molar-refractivity contribution is 6.02. The van der Waals surface area contributed by atoms with Gasteiger partial charge in [0.05, 0.1) is 5.56 Å². The van der Waals surface area contributed by atoms with Gasteiger partial charge in [0.25, 0.3) is 5.91 Å². The largest absolute Gasteiger partial charge is 0.416 e. The maximum Gasteiger partial charge on any atom is 0.416 e. The van der Waals surface area contributed by atoms with Gasteiger partial charge in [0, 0.05) is 25.1 Å². The molecule has 0 saturated carbocycles. The Labute approximate surface area is 170 Å². The van der Waals surface area contributed by atoms with Crippen molar-refractivity contribution in [3.05, 3.63) is 34.9 Å². The van der Waals surface area contributed by atoms with Crippen LogP contribution >= 0.6 is 0 Å². The molecular formula is C19H22F3N5O3. The molecule has 2 fully saturated rings. The first-order valence-corrected chi connectivity index (χ1v) is 9.49. The van der Waals surface area contributed by atoms with Gasteiger partial charge in [-0.05, 0) is 42.9 Å². The van der Waals surface area contributed by atoms with Crippen molar-refractivity contribution in [2.45, 2.75) is 43.8 Å². The van der Waals surface area contributed by atoms with Gasteiger partial charge in [-0.25, -0.2) is 0 Å². The van der Waals surface area contributed by atoms with Crippen LogP contribution in [0.4, 0.5) is 13.2 Å². The van der Waals surface area contributed by atoms with Crippen LogP contribution in [0.5, 0.6) is 0 Å². The number of halogens is 3. The second kappa shape index (κ2) is 8.33. The fourth-order valence-corrected chi connectivity index (χ4v) is 3.90. The standard InChI is InChI=1S/C19H22F3N5O3/c20-19(21,22)13-9-11(16(29)26-18(23)24)1-2-12(13)10-5-7-27(8-6-10)17(30)14-3-4-15(28)25-14/h1-2,9-10,14H,3-8H2,(H,25,28)(H4,23,24,26,29)/t14-/m0/s1. The van der Waals surface area contributed by atoms with Crippen LogP contribution in [-0.4, -0.2) is 47.7 Å². The molecule has 3 amide bonds. The van der Waals surface area contributed by atoms with E-state index in [-0.39, 0.29) is 22.9 Å². The molecule has 0 unspecified atom stereocenters. The normalized spacial score (nSPS) is 20.0. The minimum Gasteiger partial charge on any atom is -0.370 e. The molecule has 0 aromatic heterocycles. The van der Waals surface area contributed by atoms with E-state index in [9.17, 15) is 27.6 Å². The average Bonchev–Trinajstić information content (AvgIpc) is 3.12. The highest BCUT2D eigenvalue weighted by Crippen LogP contribution is 2.39. The number of likely N-dealkylation sites (tertiary alicyclic amines) is 1. The first-order valence-electron chi connectivity index (χ1n) is 9.49. The second-order valence-corrected chi connectivity index (χ2v) is 7.40. The summed E-state index contributed by atoms with van der Waals surface area (Å²) in [5.41, 5.74) is 9.15. The van der Waals surface area contributed by atoms with Crippen LogP contribution in [-0.2, 0) is 15.8 Å². The molecule has 3 rings (SSSR count). The summed E-state index contributed by atoms with van der Waals surface area (Å²) in [5.74, 6) is -2.28. The Morgan fingerprint density at radius 1 is 1.13 bits per heavy atom. The van der Waals surface area contributed by atoms with Gasteiger partial charge in [-0.15, -0.1) is 0 Å². The lowest BCUT2D eigenvalue weighted by atomic mass is 9.85. The zero-order valence-electron chi connectivity index (χ0n) is 16.0. The first-order chi connectivity index (χ1) is 14.1. The predicted molar refractivity (Wildman–Crippen MR) is 101 cm³/mol. The number of benzene rings is 1. The molecule has 162 valence electrons. The number of carbonyl (C=O) groups excluding carboxylic acids is 3. The number of nitrogens with zero attached hydrogens (tertiary/aromatic N) is 2. The van der Waals surface area contributed by atoms with E-state index in [0.717, 1.165) is 6.07 Å². The van der Waals surface area contributed by atoms with E-state index < -0.39 is 35.6 Å².